The second kappa shape index (κ2) is 5.63. The Morgan fingerprint density at radius 1 is 1.57 bits per heavy atom. The summed E-state index contributed by atoms with van der Waals surface area (Å²) in [5, 5.41) is 0. The molecule has 0 saturated carbocycles. The van der Waals surface area contributed by atoms with Crippen LogP contribution in [0, 0.1) is 0 Å². The Kier molecular flexibility index (Phi) is 7.88. The van der Waals surface area contributed by atoms with Crippen molar-refractivity contribution in [1.29, 1.82) is 0 Å². The van der Waals surface area contributed by atoms with Crippen LogP contribution in [0.1, 0.15) is 6.92 Å². The highest BCUT2D eigenvalue weighted by Gasteiger charge is 2.13. The van der Waals surface area contributed by atoms with Crippen LogP contribution < -0.4 is 0 Å². The molecule has 1 heterocycles. The highest BCUT2D eigenvalue weighted by molar-refractivity contribution is 4.58. The van der Waals surface area contributed by atoms with Gasteiger partial charge in [-0.2, -0.15) is 0 Å². The first-order valence-electron chi connectivity index (χ1n) is 2.01. The molecule has 2 heteroatoms. The van der Waals surface area contributed by atoms with Crippen molar-refractivity contribution in [2.24, 2.45) is 0 Å². The van der Waals surface area contributed by atoms with Gasteiger partial charge in [-0.25, -0.2) is 0 Å². The van der Waals surface area contributed by atoms with Crippen molar-refractivity contribution < 1.29 is 9.44 Å². The summed E-state index contributed by atoms with van der Waals surface area (Å²) in [7, 11) is 0. The molecular formula is C5H11FO. The number of halogens is 1. The topological polar surface area (TPSA) is 12.5 Å². The molecule has 0 amide bonds. The van der Waals surface area contributed by atoms with Gasteiger partial charge in [0.2, 0.25) is 0 Å². The molecule has 1 fully saturated rings. The minimum Gasteiger partial charge on any atom is -0.373 e. The van der Waals surface area contributed by atoms with Crippen LogP contribution in [0.3, 0.4) is 0 Å². The van der Waals surface area contributed by atoms with E-state index in [1.807, 2.05) is 0 Å². The highest BCUT2D eigenvalue weighted by Crippen LogP contribution is 2.04. The summed E-state index contributed by atoms with van der Waals surface area (Å²) >= 11 is 0. The van der Waals surface area contributed by atoms with Gasteiger partial charge in [-0.05, 0) is 6.92 Å². The number of hydrogen-bond donors (Lipinski definition) is 0. The highest BCUT2D eigenvalue weighted by atomic mass is 19.0. The summed E-state index contributed by atoms with van der Waals surface area (Å²) in [6.07, 6.45) is 0.583. The van der Waals surface area contributed by atoms with Crippen molar-refractivity contribution in [2.45, 2.75) is 13.0 Å². The third-order valence-corrected chi connectivity index (χ3v) is 0.500. The molecule has 44 valence electrons. The van der Waals surface area contributed by atoms with E-state index in [1.165, 1.54) is 0 Å². The predicted octanol–water partition coefficient (Wildman–Crippen LogP) is 1.36. The second-order valence-corrected chi connectivity index (χ2v) is 1.14. The maximum atomic E-state index is 4.71. The number of hydrogen-bond acceptors (Lipinski definition) is 1. The van der Waals surface area contributed by atoms with Gasteiger partial charge in [0.15, 0.2) is 0 Å². The van der Waals surface area contributed by atoms with Gasteiger partial charge in [0.25, 0.3) is 0 Å². The van der Waals surface area contributed by atoms with Gasteiger partial charge in [-0.3, -0.25) is 4.70 Å². The molecule has 1 unspecified atom stereocenters. The normalized spacial score (nSPS) is 23.3. The summed E-state index contributed by atoms with van der Waals surface area (Å²) in [4.78, 5) is 0. The predicted molar refractivity (Wildman–Crippen MR) is 29.2 cm³/mol. The Morgan fingerprint density at radius 2 is 1.71 bits per heavy atom. The molecular weight excluding hydrogens is 95.1 g/mol. The standard InChI is InChI=1S/C3H6O.C2H4.FH/c1-3-2-4-3;1-2;/h3H,2H2,1H3;1-2H2;1H. The quantitative estimate of drug-likeness (QED) is 0.335. The first-order chi connectivity index (χ1) is 2.89. The van der Waals surface area contributed by atoms with Crippen LogP contribution in [0.25, 0.3) is 0 Å². The van der Waals surface area contributed by atoms with Gasteiger partial charge >= 0.3 is 0 Å². The van der Waals surface area contributed by atoms with E-state index in [9.17, 15) is 0 Å². The Balaban J connectivity index is 0. The minimum atomic E-state index is 0. The van der Waals surface area contributed by atoms with E-state index >= 15 is 0 Å². The Morgan fingerprint density at radius 3 is 1.71 bits per heavy atom. The zero-order valence-electron chi connectivity index (χ0n) is 4.52. The Bertz CT molecular complexity index is 35.1. The van der Waals surface area contributed by atoms with Crippen molar-refractivity contribution in [3.63, 3.8) is 0 Å². The lowest BCUT2D eigenvalue weighted by atomic mass is 10.6. The van der Waals surface area contributed by atoms with Crippen LogP contribution >= 0.6 is 0 Å². The van der Waals surface area contributed by atoms with E-state index < -0.39 is 0 Å². The number of ether oxygens (including phenoxy) is 1. The first kappa shape index (κ1) is 9.80. The first-order valence-corrected chi connectivity index (χ1v) is 2.01. The van der Waals surface area contributed by atoms with Gasteiger partial charge in [-0.15, -0.1) is 13.2 Å². The largest absolute Gasteiger partial charge is 0.373 e. The molecule has 0 radical (unpaired) electrons. The van der Waals surface area contributed by atoms with Gasteiger partial charge in [-0.1, -0.05) is 0 Å². The average Bonchev–Trinajstić information content (AvgIpc) is 2.30. The fraction of sp³-hybridized carbons (Fsp3) is 0.600. The van der Waals surface area contributed by atoms with Crippen LogP contribution in [0.5, 0.6) is 0 Å². The summed E-state index contributed by atoms with van der Waals surface area (Å²) in [5.41, 5.74) is 0. The maximum Gasteiger partial charge on any atom is 0.0781 e. The molecule has 0 bridgehead atoms. The fourth-order valence-electron chi connectivity index (χ4n) is 0.0962. The Labute approximate surface area is 43.4 Å². The van der Waals surface area contributed by atoms with Crippen LogP contribution in [-0.2, 0) is 4.74 Å². The summed E-state index contributed by atoms with van der Waals surface area (Å²) in [5.74, 6) is 0. The molecule has 0 N–H and O–H groups in total. The lowest BCUT2D eigenvalue weighted by Gasteiger charge is -1.50. The smallest absolute Gasteiger partial charge is 0.0781 e. The third-order valence-electron chi connectivity index (χ3n) is 0.500. The van der Waals surface area contributed by atoms with E-state index in [2.05, 4.69) is 20.1 Å². The van der Waals surface area contributed by atoms with Crippen LogP contribution in [-0.4, -0.2) is 12.7 Å². The maximum absolute atomic E-state index is 4.71. The summed E-state index contributed by atoms with van der Waals surface area (Å²) in [6.45, 7) is 9.04. The molecule has 1 rings (SSSR count). The van der Waals surface area contributed by atoms with E-state index in [4.69, 9.17) is 4.74 Å². The van der Waals surface area contributed by atoms with E-state index in [-0.39, 0.29) is 4.70 Å². The van der Waals surface area contributed by atoms with E-state index in [0.29, 0.717) is 6.10 Å². The molecule has 0 spiro atoms. The van der Waals surface area contributed by atoms with Gasteiger partial charge in [0.05, 0.1) is 12.7 Å². The molecule has 1 saturated heterocycles. The SMILES string of the molecule is C=C.CC1CO1.F. The molecule has 1 aliphatic heterocycles. The zero-order valence-corrected chi connectivity index (χ0v) is 4.52. The van der Waals surface area contributed by atoms with Gasteiger partial charge < -0.3 is 4.74 Å². The lowest BCUT2D eigenvalue weighted by molar-refractivity contribution is 0.423. The van der Waals surface area contributed by atoms with Crippen molar-refractivity contribution in [1.82, 2.24) is 0 Å². The Hall–Kier alpha value is -0.370. The van der Waals surface area contributed by atoms with Crippen LogP contribution in [0.15, 0.2) is 13.2 Å². The lowest BCUT2D eigenvalue weighted by Crippen LogP contribution is -1.60. The van der Waals surface area contributed by atoms with Crippen LogP contribution in [0.2, 0.25) is 0 Å². The van der Waals surface area contributed by atoms with E-state index in [1.54, 1.807) is 0 Å². The zero-order chi connectivity index (χ0) is 4.99. The molecule has 7 heavy (non-hydrogen) atoms. The molecule has 0 aliphatic carbocycles. The van der Waals surface area contributed by atoms with Crippen LogP contribution in [0.4, 0.5) is 4.70 Å². The van der Waals surface area contributed by atoms with Crippen molar-refractivity contribution in [3.8, 4) is 0 Å². The van der Waals surface area contributed by atoms with Gasteiger partial charge in [0.1, 0.15) is 0 Å². The average molecular weight is 106 g/mol. The minimum absolute atomic E-state index is 0. The molecule has 0 aromatic carbocycles. The number of rotatable bonds is 0. The molecule has 1 nitrogen and oxygen atoms in total. The van der Waals surface area contributed by atoms with Gasteiger partial charge in [0, 0.05) is 0 Å². The monoisotopic (exact) mass is 106 g/mol. The molecule has 1 atom stereocenters. The third kappa shape index (κ3) is 10.7. The van der Waals surface area contributed by atoms with Crippen molar-refractivity contribution in [2.75, 3.05) is 6.61 Å². The number of epoxide rings is 1. The summed E-state index contributed by atoms with van der Waals surface area (Å²) < 4.78 is 4.71. The second-order valence-electron chi connectivity index (χ2n) is 1.14. The van der Waals surface area contributed by atoms with E-state index in [0.717, 1.165) is 6.61 Å². The summed E-state index contributed by atoms with van der Waals surface area (Å²) in [6, 6.07) is 0. The fourth-order valence-corrected chi connectivity index (χ4v) is 0.0962. The molecule has 0 aromatic rings. The van der Waals surface area contributed by atoms with Crippen molar-refractivity contribution >= 4 is 0 Å². The molecule has 0 aromatic heterocycles. The van der Waals surface area contributed by atoms with Crippen molar-refractivity contribution in [3.05, 3.63) is 13.2 Å². The molecule has 1 aliphatic rings.